The minimum atomic E-state index is -1.09. The van der Waals surface area contributed by atoms with E-state index in [1.54, 1.807) is 25.1 Å². The zero-order chi connectivity index (χ0) is 18.8. The number of carboxylic acids is 1. The van der Waals surface area contributed by atoms with Crippen molar-refractivity contribution >= 4 is 29.2 Å². The normalized spacial score (nSPS) is 12.1. The Morgan fingerprint density at radius 1 is 1.31 bits per heavy atom. The van der Waals surface area contributed by atoms with Crippen LogP contribution >= 0.6 is 23.2 Å². The number of nitrogens with zero attached hydrogens (tertiary/aromatic N) is 5. The highest BCUT2D eigenvalue weighted by molar-refractivity contribution is 6.31. The van der Waals surface area contributed by atoms with Crippen LogP contribution in [0.3, 0.4) is 0 Å². The molecule has 2 aromatic heterocycles. The lowest BCUT2D eigenvalue weighted by molar-refractivity contribution is -0.141. The predicted molar refractivity (Wildman–Crippen MR) is 95.8 cm³/mol. The van der Waals surface area contributed by atoms with Gasteiger partial charge in [-0.15, -0.1) is 5.10 Å². The molecule has 0 unspecified atom stereocenters. The van der Waals surface area contributed by atoms with Crippen molar-refractivity contribution in [2.45, 2.75) is 19.4 Å². The van der Waals surface area contributed by atoms with Crippen molar-refractivity contribution in [3.63, 3.8) is 0 Å². The Labute approximate surface area is 157 Å². The van der Waals surface area contributed by atoms with Gasteiger partial charge in [0.2, 0.25) is 0 Å². The molecule has 3 aromatic rings. The molecule has 0 saturated carbocycles. The SMILES string of the molecule is CC[C@@H](C(=O)O)n1cnc(-c2cc(Cl)ccc2-n2cc(Cl)nn2)cc1=O. The van der Waals surface area contributed by atoms with Crippen LogP contribution in [0.1, 0.15) is 19.4 Å². The van der Waals surface area contributed by atoms with E-state index >= 15 is 0 Å². The quantitative estimate of drug-likeness (QED) is 0.714. The molecule has 134 valence electrons. The standard InChI is InChI=1S/C16H13Cl2N5O3/c1-2-12(16(25)26)22-8-19-11(6-15(22)24)10-5-9(17)3-4-13(10)23-7-14(18)20-21-23/h3-8,12H,2H2,1H3,(H,25,26)/t12-/m0/s1. The summed E-state index contributed by atoms with van der Waals surface area (Å²) in [5, 5.41) is 17.5. The highest BCUT2D eigenvalue weighted by Gasteiger charge is 2.20. The number of hydrogen-bond donors (Lipinski definition) is 1. The van der Waals surface area contributed by atoms with Gasteiger partial charge in [0.1, 0.15) is 6.04 Å². The molecule has 0 aliphatic carbocycles. The largest absolute Gasteiger partial charge is 0.480 e. The van der Waals surface area contributed by atoms with Crippen LogP contribution in [0.15, 0.2) is 41.6 Å². The highest BCUT2D eigenvalue weighted by atomic mass is 35.5. The van der Waals surface area contributed by atoms with E-state index in [0.717, 1.165) is 4.57 Å². The first-order chi connectivity index (χ1) is 12.4. The van der Waals surface area contributed by atoms with Gasteiger partial charge in [-0.05, 0) is 24.6 Å². The first kappa shape index (κ1) is 18.1. The maximum atomic E-state index is 12.4. The summed E-state index contributed by atoms with van der Waals surface area (Å²) in [6.07, 6.45) is 2.99. The number of halogens is 2. The summed E-state index contributed by atoms with van der Waals surface area (Å²) in [6.45, 7) is 1.68. The maximum Gasteiger partial charge on any atom is 0.326 e. The average Bonchev–Trinajstić information content (AvgIpc) is 3.02. The summed E-state index contributed by atoms with van der Waals surface area (Å²) < 4.78 is 2.52. The second-order valence-electron chi connectivity index (χ2n) is 5.43. The topological polar surface area (TPSA) is 103 Å². The second-order valence-corrected chi connectivity index (χ2v) is 6.25. The van der Waals surface area contributed by atoms with Crippen LogP contribution in [0.2, 0.25) is 10.2 Å². The van der Waals surface area contributed by atoms with Crippen LogP contribution in [0.4, 0.5) is 0 Å². The van der Waals surface area contributed by atoms with Gasteiger partial charge >= 0.3 is 5.97 Å². The van der Waals surface area contributed by atoms with Gasteiger partial charge in [-0.3, -0.25) is 9.36 Å². The molecule has 10 heteroatoms. The van der Waals surface area contributed by atoms with E-state index in [4.69, 9.17) is 23.2 Å². The molecule has 3 rings (SSSR count). The molecule has 26 heavy (non-hydrogen) atoms. The number of rotatable bonds is 5. The minimum absolute atomic E-state index is 0.210. The van der Waals surface area contributed by atoms with Crippen molar-refractivity contribution in [3.05, 3.63) is 57.3 Å². The van der Waals surface area contributed by atoms with Gasteiger partial charge in [-0.2, -0.15) is 0 Å². The number of carboxylic acid groups (broad SMARTS) is 1. The number of aromatic nitrogens is 5. The summed E-state index contributed by atoms with van der Waals surface area (Å²) >= 11 is 11.9. The van der Waals surface area contributed by atoms with Crippen LogP contribution in [0.25, 0.3) is 16.9 Å². The van der Waals surface area contributed by atoms with Crippen molar-refractivity contribution in [1.29, 1.82) is 0 Å². The number of aliphatic carboxylic acids is 1. The Hall–Kier alpha value is -2.71. The fourth-order valence-electron chi connectivity index (χ4n) is 2.56. The molecular formula is C16H13Cl2N5O3. The van der Waals surface area contributed by atoms with Gasteiger partial charge in [0.05, 0.1) is 23.9 Å². The summed E-state index contributed by atoms with van der Waals surface area (Å²) in [6, 6.07) is 5.28. The molecule has 8 nitrogen and oxygen atoms in total. The number of carbonyl (C=O) groups is 1. The van der Waals surface area contributed by atoms with Gasteiger partial charge in [0, 0.05) is 16.7 Å². The van der Waals surface area contributed by atoms with Crippen LogP contribution in [-0.4, -0.2) is 35.6 Å². The lowest BCUT2D eigenvalue weighted by Gasteiger charge is -2.14. The van der Waals surface area contributed by atoms with Crippen molar-refractivity contribution < 1.29 is 9.90 Å². The third kappa shape index (κ3) is 3.47. The second kappa shape index (κ2) is 7.27. The van der Waals surface area contributed by atoms with Gasteiger partial charge in [0.15, 0.2) is 5.15 Å². The van der Waals surface area contributed by atoms with Gasteiger partial charge in [-0.25, -0.2) is 14.5 Å². The smallest absolute Gasteiger partial charge is 0.326 e. The molecule has 2 heterocycles. The van der Waals surface area contributed by atoms with Gasteiger partial charge < -0.3 is 5.11 Å². The molecule has 0 bridgehead atoms. The van der Waals surface area contributed by atoms with Gasteiger partial charge in [-0.1, -0.05) is 35.3 Å². The first-order valence-corrected chi connectivity index (χ1v) is 8.35. The Morgan fingerprint density at radius 2 is 2.08 bits per heavy atom. The molecule has 0 fully saturated rings. The van der Waals surface area contributed by atoms with Crippen molar-refractivity contribution in [2.75, 3.05) is 0 Å². The lowest BCUT2D eigenvalue weighted by Crippen LogP contribution is -2.29. The van der Waals surface area contributed by atoms with Crippen molar-refractivity contribution in [1.82, 2.24) is 24.5 Å². The summed E-state index contributed by atoms with van der Waals surface area (Å²) in [5.74, 6) is -1.09. The van der Waals surface area contributed by atoms with Crippen molar-refractivity contribution in [2.24, 2.45) is 0 Å². The Kier molecular flexibility index (Phi) is 5.06. The fourth-order valence-corrected chi connectivity index (χ4v) is 2.85. The third-order valence-corrected chi connectivity index (χ3v) is 4.20. The van der Waals surface area contributed by atoms with Crippen LogP contribution < -0.4 is 5.56 Å². The first-order valence-electron chi connectivity index (χ1n) is 7.60. The van der Waals surface area contributed by atoms with E-state index in [0.29, 0.717) is 22.0 Å². The molecule has 0 saturated heterocycles. The number of hydrogen-bond acceptors (Lipinski definition) is 5. The Bertz CT molecular complexity index is 1030. The molecule has 0 aliphatic rings. The molecule has 0 amide bonds. The van der Waals surface area contributed by atoms with E-state index in [-0.39, 0.29) is 11.6 Å². The molecule has 0 aliphatic heterocycles. The molecule has 1 aromatic carbocycles. The van der Waals surface area contributed by atoms with Crippen LogP contribution in [0.5, 0.6) is 0 Å². The van der Waals surface area contributed by atoms with E-state index in [1.165, 1.54) is 23.3 Å². The zero-order valence-corrected chi connectivity index (χ0v) is 15.0. The third-order valence-electron chi connectivity index (χ3n) is 3.79. The van der Waals surface area contributed by atoms with E-state index in [1.807, 2.05) is 0 Å². The summed E-state index contributed by atoms with van der Waals surface area (Å²) in [4.78, 5) is 28.0. The lowest BCUT2D eigenvalue weighted by atomic mass is 10.1. The fraction of sp³-hybridized carbons (Fsp3) is 0.188. The summed E-state index contributed by atoms with van der Waals surface area (Å²) in [7, 11) is 0. The number of benzene rings is 1. The average molecular weight is 394 g/mol. The molecule has 0 spiro atoms. The van der Waals surface area contributed by atoms with Gasteiger partial charge in [0.25, 0.3) is 5.56 Å². The van der Waals surface area contributed by atoms with Crippen LogP contribution in [-0.2, 0) is 4.79 Å². The van der Waals surface area contributed by atoms with Crippen molar-refractivity contribution in [3.8, 4) is 16.9 Å². The monoisotopic (exact) mass is 393 g/mol. The predicted octanol–water partition coefficient (Wildman–Crippen LogP) is 2.83. The zero-order valence-electron chi connectivity index (χ0n) is 13.5. The van der Waals surface area contributed by atoms with E-state index in [2.05, 4.69) is 15.3 Å². The Morgan fingerprint density at radius 3 is 2.65 bits per heavy atom. The van der Waals surface area contributed by atoms with E-state index < -0.39 is 17.6 Å². The highest BCUT2D eigenvalue weighted by Crippen LogP contribution is 2.28. The van der Waals surface area contributed by atoms with Crippen LogP contribution in [0, 0.1) is 0 Å². The molecule has 1 N–H and O–H groups in total. The van der Waals surface area contributed by atoms with E-state index in [9.17, 15) is 14.7 Å². The maximum absolute atomic E-state index is 12.4. The Balaban J connectivity index is 2.13. The molecule has 0 radical (unpaired) electrons. The minimum Gasteiger partial charge on any atom is -0.480 e. The summed E-state index contributed by atoms with van der Waals surface area (Å²) in [5.41, 5.74) is 0.956. The molecule has 1 atom stereocenters. The molecular weight excluding hydrogens is 381 g/mol.